The molecule has 0 spiro atoms. The van der Waals surface area contributed by atoms with E-state index in [1.165, 1.54) is 25.1 Å². The molecule has 0 saturated heterocycles. The van der Waals surface area contributed by atoms with Crippen LogP contribution in [0.4, 0.5) is 0 Å². The molecular formula is C12H11ClO5. The number of benzene rings is 1. The second kappa shape index (κ2) is 5.75. The molecule has 0 bridgehead atoms. The van der Waals surface area contributed by atoms with Gasteiger partial charge in [0.1, 0.15) is 11.7 Å². The van der Waals surface area contributed by atoms with Gasteiger partial charge in [-0.15, -0.1) is 11.6 Å². The number of halogens is 1. The summed E-state index contributed by atoms with van der Waals surface area (Å²) in [4.78, 5) is 32.6. The minimum absolute atomic E-state index is 0.0427. The van der Waals surface area contributed by atoms with Crippen molar-refractivity contribution in [2.45, 2.75) is 18.4 Å². The summed E-state index contributed by atoms with van der Waals surface area (Å²) in [5.74, 6) is -1.80. The number of carbonyl (C=O) groups is 3. The zero-order valence-corrected chi connectivity index (χ0v) is 10.2. The summed E-state index contributed by atoms with van der Waals surface area (Å²) >= 11 is 5.83. The van der Waals surface area contributed by atoms with Crippen LogP contribution in [-0.4, -0.2) is 28.3 Å². The molecule has 2 N–H and O–H groups in total. The van der Waals surface area contributed by atoms with E-state index in [0.717, 1.165) is 0 Å². The molecule has 1 rings (SSSR count). The lowest BCUT2D eigenvalue weighted by Crippen LogP contribution is -2.14. The fraction of sp³-hybridized carbons (Fsp3) is 0.250. The standard InChI is InChI=1S/C12H11ClO5/c1-6(15)10(13)7-2-3-8(5-14)9(4-7)11(16)12(17)18/h2-5,10-11,16H,1H3,(H,17,18). The first-order valence-electron chi connectivity index (χ1n) is 5.03. The first kappa shape index (κ1) is 14.3. The number of hydrogen-bond donors (Lipinski definition) is 2. The van der Waals surface area contributed by atoms with Crippen molar-refractivity contribution in [3.63, 3.8) is 0 Å². The molecule has 0 radical (unpaired) electrons. The molecule has 0 heterocycles. The van der Waals surface area contributed by atoms with E-state index in [1.54, 1.807) is 0 Å². The zero-order chi connectivity index (χ0) is 13.9. The summed E-state index contributed by atoms with van der Waals surface area (Å²) in [7, 11) is 0. The van der Waals surface area contributed by atoms with Crippen LogP contribution in [0, 0.1) is 0 Å². The third kappa shape index (κ3) is 2.94. The molecule has 96 valence electrons. The Hall–Kier alpha value is -1.72. The lowest BCUT2D eigenvalue weighted by molar-refractivity contribution is -0.146. The number of carboxylic acids is 1. The Bertz CT molecular complexity index is 497. The van der Waals surface area contributed by atoms with Gasteiger partial charge in [-0.1, -0.05) is 12.1 Å². The minimum atomic E-state index is -1.83. The quantitative estimate of drug-likeness (QED) is 0.625. The average Bonchev–Trinajstić information content (AvgIpc) is 2.35. The number of aliphatic carboxylic acids is 1. The summed E-state index contributed by atoms with van der Waals surface area (Å²) in [6.45, 7) is 1.29. The molecule has 6 heteroatoms. The van der Waals surface area contributed by atoms with Crippen LogP contribution in [0.25, 0.3) is 0 Å². The summed E-state index contributed by atoms with van der Waals surface area (Å²) < 4.78 is 0. The topological polar surface area (TPSA) is 91.7 Å². The zero-order valence-electron chi connectivity index (χ0n) is 9.46. The van der Waals surface area contributed by atoms with E-state index in [-0.39, 0.29) is 16.9 Å². The van der Waals surface area contributed by atoms with Crippen molar-refractivity contribution in [2.75, 3.05) is 0 Å². The van der Waals surface area contributed by atoms with Crippen LogP contribution < -0.4 is 0 Å². The normalized spacial score (nSPS) is 13.7. The predicted molar refractivity (Wildman–Crippen MR) is 63.7 cm³/mol. The molecule has 1 aromatic rings. The average molecular weight is 271 g/mol. The summed E-state index contributed by atoms with van der Waals surface area (Å²) in [5, 5.41) is 17.3. The van der Waals surface area contributed by atoms with Crippen molar-refractivity contribution >= 4 is 29.6 Å². The molecule has 0 aromatic heterocycles. The van der Waals surface area contributed by atoms with Crippen LogP contribution in [0.1, 0.15) is 39.9 Å². The Morgan fingerprint density at radius 3 is 2.44 bits per heavy atom. The van der Waals surface area contributed by atoms with E-state index in [4.69, 9.17) is 16.7 Å². The number of alkyl halides is 1. The van der Waals surface area contributed by atoms with Gasteiger partial charge in [0.25, 0.3) is 0 Å². The molecule has 18 heavy (non-hydrogen) atoms. The number of ketones is 1. The maximum Gasteiger partial charge on any atom is 0.337 e. The van der Waals surface area contributed by atoms with E-state index in [1.807, 2.05) is 0 Å². The largest absolute Gasteiger partial charge is 0.479 e. The summed E-state index contributed by atoms with van der Waals surface area (Å²) in [5.41, 5.74) is 0.299. The van der Waals surface area contributed by atoms with Crippen molar-refractivity contribution in [3.8, 4) is 0 Å². The summed E-state index contributed by atoms with van der Waals surface area (Å²) in [6, 6.07) is 4.02. The van der Waals surface area contributed by atoms with Crippen LogP contribution in [0.5, 0.6) is 0 Å². The van der Waals surface area contributed by atoms with Crippen LogP contribution >= 0.6 is 11.6 Å². The number of rotatable bonds is 5. The van der Waals surface area contributed by atoms with Crippen molar-refractivity contribution < 1.29 is 24.6 Å². The molecule has 2 unspecified atom stereocenters. The first-order chi connectivity index (χ1) is 8.38. The highest BCUT2D eigenvalue weighted by atomic mass is 35.5. The molecule has 1 aromatic carbocycles. The number of carboxylic acid groups (broad SMARTS) is 1. The van der Waals surface area contributed by atoms with E-state index >= 15 is 0 Å². The van der Waals surface area contributed by atoms with Crippen molar-refractivity contribution in [1.82, 2.24) is 0 Å². The van der Waals surface area contributed by atoms with E-state index in [0.29, 0.717) is 11.8 Å². The van der Waals surface area contributed by atoms with Gasteiger partial charge >= 0.3 is 5.97 Å². The number of Topliss-reactive ketones (excluding diaryl/α,β-unsaturated/α-hetero) is 1. The van der Waals surface area contributed by atoms with Crippen LogP contribution in [0.15, 0.2) is 18.2 Å². The smallest absolute Gasteiger partial charge is 0.337 e. The van der Waals surface area contributed by atoms with E-state index < -0.39 is 17.5 Å². The van der Waals surface area contributed by atoms with Gasteiger partial charge in [0.05, 0.1) is 0 Å². The lowest BCUT2D eigenvalue weighted by Gasteiger charge is -2.12. The molecule has 2 atom stereocenters. The predicted octanol–water partition coefficient (Wildman–Crippen LogP) is 1.49. The molecule has 0 saturated carbocycles. The molecule has 0 aliphatic carbocycles. The Balaban J connectivity index is 3.29. The van der Waals surface area contributed by atoms with Crippen LogP contribution in [0.2, 0.25) is 0 Å². The van der Waals surface area contributed by atoms with Gasteiger partial charge in [0.2, 0.25) is 0 Å². The summed E-state index contributed by atoms with van der Waals surface area (Å²) in [6.07, 6.45) is -1.40. The highest BCUT2D eigenvalue weighted by molar-refractivity contribution is 6.30. The second-order valence-corrected chi connectivity index (χ2v) is 4.16. The van der Waals surface area contributed by atoms with E-state index in [2.05, 4.69) is 0 Å². The number of aliphatic hydroxyl groups is 1. The van der Waals surface area contributed by atoms with Gasteiger partial charge in [-0.25, -0.2) is 4.79 Å². The van der Waals surface area contributed by atoms with Gasteiger partial charge in [0.15, 0.2) is 11.9 Å². The SMILES string of the molecule is CC(=O)C(Cl)c1ccc(C=O)c(C(O)C(=O)O)c1. The molecule has 0 aliphatic heterocycles. The van der Waals surface area contributed by atoms with Crippen LogP contribution in [-0.2, 0) is 9.59 Å². The Labute approximate surface area is 108 Å². The third-order valence-electron chi connectivity index (χ3n) is 2.42. The molecule has 0 aliphatic rings. The van der Waals surface area contributed by atoms with Gasteiger partial charge in [-0.2, -0.15) is 0 Å². The third-order valence-corrected chi connectivity index (χ3v) is 2.98. The maximum absolute atomic E-state index is 11.1. The van der Waals surface area contributed by atoms with Gasteiger partial charge in [0, 0.05) is 11.1 Å². The monoisotopic (exact) mass is 270 g/mol. The fourth-order valence-electron chi connectivity index (χ4n) is 1.46. The van der Waals surface area contributed by atoms with Crippen LogP contribution in [0.3, 0.4) is 0 Å². The molecule has 5 nitrogen and oxygen atoms in total. The first-order valence-corrected chi connectivity index (χ1v) is 5.46. The lowest BCUT2D eigenvalue weighted by atomic mass is 9.98. The Kier molecular flexibility index (Phi) is 4.58. The minimum Gasteiger partial charge on any atom is -0.479 e. The maximum atomic E-state index is 11.1. The Morgan fingerprint density at radius 1 is 1.39 bits per heavy atom. The number of hydrogen-bond acceptors (Lipinski definition) is 4. The number of aldehydes is 1. The van der Waals surface area contributed by atoms with Gasteiger partial charge in [-0.3, -0.25) is 9.59 Å². The highest BCUT2D eigenvalue weighted by Gasteiger charge is 2.22. The van der Waals surface area contributed by atoms with E-state index in [9.17, 15) is 19.5 Å². The molecule has 0 fully saturated rings. The van der Waals surface area contributed by atoms with Gasteiger partial charge in [-0.05, 0) is 18.6 Å². The molecular weight excluding hydrogens is 260 g/mol. The molecule has 0 amide bonds. The van der Waals surface area contributed by atoms with Gasteiger partial charge < -0.3 is 10.2 Å². The number of carbonyl (C=O) groups excluding carboxylic acids is 2. The van der Waals surface area contributed by atoms with Crippen molar-refractivity contribution in [1.29, 1.82) is 0 Å². The highest BCUT2D eigenvalue weighted by Crippen LogP contribution is 2.26. The van der Waals surface area contributed by atoms with Crippen molar-refractivity contribution in [3.05, 3.63) is 34.9 Å². The number of aliphatic hydroxyl groups excluding tert-OH is 1. The second-order valence-electron chi connectivity index (χ2n) is 3.72. The Morgan fingerprint density at radius 2 is 2.00 bits per heavy atom. The fourth-order valence-corrected chi connectivity index (χ4v) is 1.60. The van der Waals surface area contributed by atoms with Crippen molar-refractivity contribution in [2.24, 2.45) is 0 Å².